The summed E-state index contributed by atoms with van der Waals surface area (Å²) in [6.07, 6.45) is 0.846. The maximum atomic E-state index is 12.6. The van der Waals surface area contributed by atoms with Crippen molar-refractivity contribution in [1.29, 1.82) is 0 Å². The van der Waals surface area contributed by atoms with Crippen LogP contribution in [-0.2, 0) is 6.42 Å². The van der Waals surface area contributed by atoms with E-state index in [2.05, 4.69) is 14.7 Å². The Morgan fingerprint density at radius 1 is 1.31 bits per heavy atom. The maximum Gasteiger partial charge on any atom is 0.202 e. The molecule has 5 heteroatoms. The minimum absolute atomic E-state index is 0.198. The first-order valence-corrected chi connectivity index (χ1v) is 5.80. The summed E-state index contributed by atoms with van der Waals surface area (Å²) in [4.78, 5) is 4.19. The molecule has 0 aliphatic rings. The Bertz CT molecular complexity index is 453. The zero-order valence-electron chi connectivity index (χ0n) is 8.90. The van der Waals surface area contributed by atoms with Gasteiger partial charge in [0.1, 0.15) is 11.6 Å². The van der Waals surface area contributed by atoms with Gasteiger partial charge in [0, 0.05) is 18.1 Å². The highest BCUT2D eigenvalue weighted by Crippen LogP contribution is 2.10. The van der Waals surface area contributed by atoms with Crippen molar-refractivity contribution in [2.75, 3.05) is 11.9 Å². The third-order valence-electron chi connectivity index (χ3n) is 2.13. The standard InChI is InChI=1S/C11H12FN3S/c1-8-14-11(16-15-8)13-7-6-9-2-4-10(12)5-3-9/h2-5H,6-7H2,1H3,(H,13,14,15). The molecule has 2 aromatic rings. The molecular weight excluding hydrogens is 225 g/mol. The normalized spacial score (nSPS) is 10.4. The smallest absolute Gasteiger partial charge is 0.202 e. The van der Waals surface area contributed by atoms with E-state index in [1.54, 1.807) is 12.1 Å². The van der Waals surface area contributed by atoms with Gasteiger partial charge < -0.3 is 5.32 Å². The number of nitrogens with one attached hydrogen (secondary N) is 1. The lowest BCUT2D eigenvalue weighted by Gasteiger charge is -2.02. The van der Waals surface area contributed by atoms with E-state index in [1.807, 2.05) is 6.92 Å². The number of hydrogen-bond donors (Lipinski definition) is 1. The average Bonchev–Trinajstić information content (AvgIpc) is 2.67. The van der Waals surface area contributed by atoms with Crippen molar-refractivity contribution in [3.8, 4) is 0 Å². The first kappa shape index (κ1) is 11.0. The highest BCUT2D eigenvalue weighted by molar-refractivity contribution is 7.09. The van der Waals surface area contributed by atoms with E-state index < -0.39 is 0 Å². The number of halogens is 1. The average molecular weight is 237 g/mol. The predicted molar refractivity (Wildman–Crippen MR) is 63.2 cm³/mol. The number of nitrogens with zero attached hydrogens (tertiary/aromatic N) is 2. The summed E-state index contributed by atoms with van der Waals surface area (Å²) >= 11 is 1.35. The lowest BCUT2D eigenvalue weighted by atomic mass is 10.1. The van der Waals surface area contributed by atoms with Gasteiger partial charge in [-0.1, -0.05) is 12.1 Å². The second-order valence-electron chi connectivity index (χ2n) is 3.45. The lowest BCUT2D eigenvalue weighted by Crippen LogP contribution is -2.04. The summed E-state index contributed by atoms with van der Waals surface area (Å²) in [5.41, 5.74) is 1.11. The Labute approximate surface area is 97.5 Å². The fraction of sp³-hybridized carbons (Fsp3) is 0.273. The lowest BCUT2D eigenvalue weighted by molar-refractivity contribution is 0.627. The van der Waals surface area contributed by atoms with Gasteiger partial charge in [0.15, 0.2) is 0 Å². The molecule has 1 aromatic carbocycles. The van der Waals surface area contributed by atoms with Crippen LogP contribution >= 0.6 is 11.5 Å². The number of aryl methyl sites for hydroxylation is 1. The molecule has 1 heterocycles. The number of anilines is 1. The fourth-order valence-electron chi connectivity index (χ4n) is 1.33. The molecule has 0 radical (unpaired) electrons. The Morgan fingerprint density at radius 3 is 2.69 bits per heavy atom. The number of hydrogen-bond acceptors (Lipinski definition) is 4. The molecule has 0 saturated heterocycles. The van der Waals surface area contributed by atoms with Crippen LogP contribution in [0.1, 0.15) is 11.4 Å². The fourth-order valence-corrected chi connectivity index (χ4v) is 1.93. The molecule has 0 fully saturated rings. The van der Waals surface area contributed by atoms with Gasteiger partial charge in [-0.25, -0.2) is 9.37 Å². The molecule has 1 aromatic heterocycles. The molecule has 2 rings (SSSR count). The van der Waals surface area contributed by atoms with Crippen molar-refractivity contribution in [1.82, 2.24) is 9.36 Å². The van der Waals surface area contributed by atoms with Crippen molar-refractivity contribution in [3.63, 3.8) is 0 Å². The molecule has 84 valence electrons. The van der Waals surface area contributed by atoms with Crippen LogP contribution in [0.25, 0.3) is 0 Å². The molecule has 16 heavy (non-hydrogen) atoms. The van der Waals surface area contributed by atoms with E-state index in [0.717, 1.165) is 29.5 Å². The maximum absolute atomic E-state index is 12.6. The third kappa shape index (κ3) is 3.00. The van der Waals surface area contributed by atoms with Gasteiger partial charge >= 0.3 is 0 Å². The van der Waals surface area contributed by atoms with E-state index in [0.29, 0.717) is 0 Å². The van der Waals surface area contributed by atoms with Crippen LogP contribution in [-0.4, -0.2) is 15.9 Å². The molecule has 0 spiro atoms. The van der Waals surface area contributed by atoms with Crippen molar-refractivity contribution in [2.45, 2.75) is 13.3 Å². The van der Waals surface area contributed by atoms with Gasteiger partial charge in [0.2, 0.25) is 5.13 Å². The summed E-state index contributed by atoms with van der Waals surface area (Å²) in [5.74, 6) is 0.589. The van der Waals surface area contributed by atoms with Crippen molar-refractivity contribution >= 4 is 16.7 Å². The number of aromatic nitrogens is 2. The Balaban J connectivity index is 1.82. The molecule has 0 aliphatic carbocycles. The van der Waals surface area contributed by atoms with Crippen LogP contribution in [0.2, 0.25) is 0 Å². The van der Waals surface area contributed by atoms with Crippen LogP contribution in [0.4, 0.5) is 9.52 Å². The quantitative estimate of drug-likeness (QED) is 0.888. The molecule has 0 unspecified atom stereocenters. The number of rotatable bonds is 4. The summed E-state index contributed by atoms with van der Waals surface area (Å²) in [6.45, 7) is 2.64. The first-order chi connectivity index (χ1) is 7.74. The molecule has 0 amide bonds. The number of benzene rings is 1. The molecule has 0 bridgehead atoms. The first-order valence-electron chi connectivity index (χ1n) is 5.02. The van der Waals surface area contributed by atoms with Crippen LogP contribution in [0.3, 0.4) is 0 Å². The highest BCUT2D eigenvalue weighted by Gasteiger charge is 1.99. The van der Waals surface area contributed by atoms with Crippen LogP contribution in [0.15, 0.2) is 24.3 Å². The summed E-state index contributed by atoms with van der Waals surface area (Å²) in [7, 11) is 0. The highest BCUT2D eigenvalue weighted by atomic mass is 32.1. The molecule has 0 aliphatic heterocycles. The van der Waals surface area contributed by atoms with E-state index >= 15 is 0 Å². The molecule has 0 atom stereocenters. The zero-order chi connectivity index (χ0) is 11.4. The molecular formula is C11H12FN3S. The van der Waals surface area contributed by atoms with Crippen molar-refractivity contribution in [3.05, 3.63) is 41.5 Å². The van der Waals surface area contributed by atoms with E-state index in [-0.39, 0.29) is 5.82 Å². The van der Waals surface area contributed by atoms with Gasteiger partial charge in [0.05, 0.1) is 0 Å². The summed E-state index contributed by atoms with van der Waals surface area (Å²) in [6, 6.07) is 6.54. The van der Waals surface area contributed by atoms with Gasteiger partial charge in [0.25, 0.3) is 0 Å². The molecule has 1 N–H and O–H groups in total. The van der Waals surface area contributed by atoms with Crippen LogP contribution in [0.5, 0.6) is 0 Å². The van der Waals surface area contributed by atoms with Gasteiger partial charge in [-0.05, 0) is 31.0 Å². The van der Waals surface area contributed by atoms with Crippen LogP contribution in [0, 0.1) is 12.7 Å². The van der Waals surface area contributed by atoms with Crippen molar-refractivity contribution in [2.24, 2.45) is 0 Å². The second-order valence-corrected chi connectivity index (χ2v) is 4.20. The third-order valence-corrected chi connectivity index (χ3v) is 2.89. The zero-order valence-corrected chi connectivity index (χ0v) is 9.72. The predicted octanol–water partition coefficient (Wildman–Crippen LogP) is 2.64. The van der Waals surface area contributed by atoms with Crippen LogP contribution < -0.4 is 5.32 Å². The second kappa shape index (κ2) is 5.03. The minimum Gasteiger partial charge on any atom is -0.360 e. The van der Waals surface area contributed by atoms with E-state index in [9.17, 15) is 4.39 Å². The summed E-state index contributed by atoms with van der Waals surface area (Å²) < 4.78 is 16.7. The molecule has 0 saturated carbocycles. The van der Waals surface area contributed by atoms with Gasteiger partial charge in [-0.2, -0.15) is 4.37 Å². The summed E-state index contributed by atoms with van der Waals surface area (Å²) in [5, 5.41) is 4.01. The molecule has 3 nitrogen and oxygen atoms in total. The topological polar surface area (TPSA) is 37.8 Å². The largest absolute Gasteiger partial charge is 0.360 e. The Kier molecular flexibility index (Phi) is 3.46. The van der Waals surface area contributed by atoms with E-state index in [4.69, 9.17) is 0 Å². The monoisotopic (exact) mass is 237 g/mol. The van der Waals surface area contributed by atoms with Gasteiger partial charge in [-0.15, -0.1) is 0 Å². The Hall–Kier alpha value is -1.49. The Morgan fingerprint density at radius 2 is 2.06 bits per heavy atom. The van der Waals surface area contributed by atoms with Gasteiger partial charge in [-0.3, -0.25) is 0 Å². The van der Waals surface area contributed by atoms with Crippen molar-refractivity contribution < 1.29 is 4.39 Å². The SMILES string of the molecule is Cc1nsc(NCCc2ccc(F)cc2)n1. The van der Waals surface area contributed by atoms with E-state index in [1.165, 1.54) is 23.7 Å². The minimum atomic E-state index is -0.198.